The van der Waals surface area contributed by atoms with Crippen molar-refractivity contribution >= 4 is 5.78 Å². The standard InChI is InChI=1S/C16H30O3/c1-4-5-6-7-8-9-10-11-14-15(17)16(18-3)13(2)12-19-14/h13-14,16H,4-12H2,1-3H3/t13-,14-,16-/m0/s1. The molecule has 1 aliphatic rings. The molecule has 0 aliphatic carbocycles. The number of rotatable bonds is 9. The number of hydrogen-bond donors (Lipinski definition) is 0. The third kappa shape index (κ3) is 5.62. The Kier molecular flexibility index (Phi) is 8.31. The van der Waals surface area contributed by atoms with Gasteiger partial charge in [-0.25, -0.2) is 0 Å². The van der Waals surface area contributed by atoms with E-state index < -0.39 is 0 Å². The van der Waals surface area contributed by atoms with E-state index in [1.165, 1.54) is 38.5 Å². The lowest BCUT2D eigenvalue weighted by molar-refractivity contribution is -0.158. The summed E-state index contributed by atoms with van der Waals surface area (Å²) >= 11 is 0. The fourth-order valence-corrected chi connectivity index (χ4v) is 2.76. The number of unbranched alkanes of at least 4 members (excludes halogenated alkanes) is 6. The van der Waals surface area contributed by atoms with Crippen molar-refractivity contribution in [3.8, 4) is 0 Å². The predicted molar refractivity (Wildman–Crippen MR) is 77.3 cm³/mol. The van der Waals surface area contributed by atoms with Crippen LogP contribution >= 0.6 is 0 Å². The Morgan fingerprint density at radius 2 is 1.79 bits per heavy atom. The van der Waals surface area contributed by atoms with Crippen molar-refractivity contribution < 1.29 is 14.3 Å². The number of methoxy groups -OCH3 is 1. The second-order valence-electron chi connectivity index (χ2n) is 5.77. The molecule has 0 N–H and O–H groups in total. The van der Waals surface area contributed by atoms with E-state index >= 15 is 0 Å². The first-order chi connectivity index (χ1) is 9.20. The molecule has 0 amide bonds. The minimum Gasteiger partial charge on any atom is -0.373 e. The highest BCUT2D eigenvalue weighted by Gasteiger charge is 2.36. The molecule has 0 spiro atoms. The number of ether oxygens (including phenoxy) is 2. The molecule has 0 radical (unpaired) electrons. The Bertz CT molecular complexity index is 252. The van der Waals surface area contributed by atoms with Crippen molar-refractivity contribution in [3.05, 3.63) is 0 Å². The highest BCUT2D eigenvalue weighted by Crippen LogP contribution is 2.22. The zero-order chi connectivity index (χ0) is 14.1. The van der Waals surface area contributed by atoms with Gasteiger partial charge in [0.25, 0.3) is 0 Å². The smallest absolute Gasteiger partial charge is 0.190 e. The van der Waals surface area contributed by atoms with Gasteiger partial charge in [0.1, 0.15) is 12.2 Å². The first-order valence-electron chi connectivity index (χ1n) is 7.88. The van der Waals surface area contributed by atoms with Crippen molar-refractivity contribution in [3.63, 3.8) is 0 Å². The van der Waals surface area contributed by atoms with Crippen LogP contribution in [0.2, 0.25) is 0 Å². The molecule has 0 saturated carbocycles. The summed E-state index contributed by atoms with van der Waals surface area (Å²) in [5.41, 5.74) is 0. The number of Topliss-reactive ketones (excluding diaryl/α,β-unsaturated/α-hetero) is 1. The van der Waals surface area contributed by atoms with E-state index in [2.05, 4.69) is 6.92 Å². The number of hydrogen-bond acceptors (Lipinski definition) is 3. The van der Waals surface area contributed by atoms with E-state index in [1.54, 1.807) is 7.11 Å². The lowest BCUT2D eigenvalue weighted by Gasteiger charge is -2.32. The molecule has 3 heteroatoms. The Hall–Kier alpha value is -0.410. The van der Waals surface area contributed by atoms with Crippen LogP contribution in [0, 0.1) is 5.92 Å². The van der Waals surface area contributed by atoms with E-state index in [1.807, 2.05) is 6.92 Å². The van der Waals surface area contributed by atoms with Gasteiger partial charge in [0.15, 0.2) is 5.78 Å². The predicted octanol–water partition coefficient (Wildman–Crippen LogP) is 3.75. The maximum absolute atomic E-state index is 12.1. The van der Waals surface area contributed by atoms with Gasteiger partial charge in [0.2, 0.25) is 0 Å². The van der Waals surface area contributed by atoms with Crippen LogP contribution in [0.15, 0.2) is 0 Å². The molecule has 3 nitrogen and oxygen atoms in total. The van der Waals surface area contributed by atoms with E-state index in [9.17, 15) is 4.79 Å². The Morgan fingerprint density at radius 3 is 2.42 bits per heavy atom. The summed E-state index contributed by atoms with van der Waals surface area (Å²) in [6, 6.07) is 0. The molecule has 0 aromatic heterocycles. The molecular weight excluding hydrogens is 240 g/mol. The molecule has 1 aliphatic heterocycles. The second-order valence-corrected chi connectivity index (χ2v) is 5.77. The van der Waals surface area contributed by atoms with Crippen LogP contribution in [0.3, 0.4) is 0 Å². The van der Waals surface area contributed by atoms with Gasteiger partial charge >= 0.3 is 0 Å². The fourth-order valence-electron chi connectivity index (χ4n) is 2.76. The molecule has 0 unspecified atom stereocenters. The van der Waals surface area contributed by atoms with Crippen LogP contribution in [0.25, 0.3) is 0 Å². The first-order valence-corrected chi connectivity index (χ1v) is 7.88. The molecule has 1 rings (SSSR count). The monoisotopic (exact) mass is 270 g/mol. The largest absolute Gasteiger partial charge is 0.373 e. The van der Waals surface area contributed by atoms with Crippen LogP contribution in [-0.2, 0) is 14.3 Å². The maximum Gasteiger partial charge on any atom is 0.190 e. The second kappa shape index (κ2) is 9.49. The molecule has 1 saturated heterocycles. The third-order valence-electron chi connectivity index (χ3n) is 4.00. The third-order valence-corrected chi connectivity index (χ3v) is 4.00. The van der Waals surface area contributed by atoms with E-state index in [0.717, 1.165) is 12.8 Å². The lowest BCUT2D eigenvalue weighted by atomic mass is 9.92. The van der Waals surface area contributed by atoms with E-state index in [0.29, 0.717) is 6.61 Å². The van der Waals surface area contributed by atoms with Crippen LogP contribution in [0.5, 0.6) is 0 Å². The van der Waals surface area contributed by atoms with Crippen LogP contribution in [-0.4, -0.2) is 31.7 Å². The van der Waals surface area contributed by atoms with E-state index in [-0.39, 0.29) is 23.9 Å². The number of ketones is 1. The van der Waals surface area contributed by atoms with Gasteiger partial charge in [-0.05, 0) is 6.42 Å². The summed E-state index contributed by atoms with van der Waals surface area (Å²) in [6.45, 7) is 4.89. The Morgan fingerprint density at radius 1 is 1.16 bits per heavy atom. The van der Waals surface area contributed by atoms with Crippen molar-refractivity contribution in [1.82, 2.24) is 0 Å². The summed E-state index contributed by atoms with van der Waals surface area (Å²) in [6.07, 6.45) is 9.27. The highest BCUT2D eigenvalue weighted by molar-refractivity contribution is 5.88. The minimum atomic E-state index is -0.261. The quantitative estimate of drug-likeness (QED) is 0.599. The van der Waals surface area contributed by atoms with Gasteiger partial charge in [0, 0.05) is 13.0 Å². The van der Waals surface area contributed by atoms with Crippen molar-refractivity contribution in [2.45, 2.75) is 77.4 Å². The highest BCUT2D eigenvalue weighted by atomic mass is 16.5. The number of carbonyl (C=O) groups excluding carboxylic acids is 1. The molecule has 0 aromatic carbocycles. The van der Waals surface area contributed by atoms with Crippen LogP contribution in [0.1, 0.15) is 65.2 Å². The van der Waals surface area contributed by atoms with Gasteiger partial charge in [-0.15, -0.1) is 0 Å². The molecule has 3 atom stereocenters. The molecule has 1 heterocycles. The average molecular weight is 270 g/mol. The van der Waals surface area contributed by atoms with Crippen molar-refractivity contribution in [2.75, 3.05) is 13.7 Å². The summed E-state index contributed by atoms with van der Waals surface area (Å²) in [4.78, 5) is 12.1. The summed E-state index contributed by atoms with van der Waals surface area (Å²) in [7, 11) is 1.62. The van der Waals surface area contributed by atoms with Gasteiger partial charge in [0.05, 0.1) is 6.61 Å². The van der Waals surface area contributed by atoms with Crippen molar-refractivity contribution in [2.24, 2.45) is 5.92 Å². The Balaban J connectivity index is 2.13. The van der Waals surface area contributed by atoms with Gasteiger partial charge in [-0.1, -0.05) is 58.8 Å². The van der Waals surface area contributed by atoms with Gasteiger partial charge < -0.3 is 9.47 Å². The van der Waals surface area contributed by atoms with Crippen LogP contribution in [0.4, 0.5) is 0 Å². The SMILES string of the molecule is CCCCCCCCC[C@@H]1OC[C@H](C)[C@H](OC)C1=O. The number of carbonyl (C=O) groups is 1. The van der Waals surface area contributed by atoms with E-state index in [4.69, 9.17) is 9.47 Å². The molecule has 19 heavy (non-hydrogen) atoms. The molecular formula is C16H30O3. The van der Waals surface area contributed by atoms with Gasteiger partial charge in [-0.2, -0.15) is 0 Å². The van der Waals surface area contributed by atoms with Crippen molar-refractivity contribution in [1.29, 1.82) is 0 Å². The molecule has 1 fully saturated rings. The van der Waals surface area contributed by atoms with Crippen LogP contribution < -0.4 is 0 Å². The Labute approximate surface area is 118 Å². The molecule has 0 bridgehead atoms. The van der Waals surface area contributed by atoms with Gasteiger partial charge in [-0.3, -0.25) is 4.79 Å². The maximum atomic E-state index is 12.1. The first kappa shape index (κ1) is 16.6. The normalized spacial score (nSPS) is 27.7. The average Bonchev–Trinajstić information content (AvgIpc) is 2.40. The topological polar surface area (TPSA) is 35.5 Å². The zero-order valence-electron chi connectivity index (χ0n) is 12.8. The summed E-state index contributed by atoms with van der Waals surface area (Å²) < 4.78 is 10.9. The molecule has 112 valence electrons. The zero-order valence-corrected chi connectivity index (χ0v) is 12.8. The fraction of sp³-hybridized carbons (Fsp3) is 0.938. The molecule has 0 aromatic rings. The minimum absolute atomic E-state index is 0.146. The lowest BCUT2D eigenvalue weighted by Crippen LogP contribution is -2.46. The summed E-state index contributed by atoms with van der Waals surface area (Å²) in [5.74, 6) is 0.329. The summed E-state index contributed by atoms with van der Waals surface area (Å²) in [5, 5.41) is 0.